The topological polar surface area (TPSA) is 120 Å². The second kappa shape index (κ2) is 13.4. The minimum absolute atomic E-state index is 0.0370. The van der Waals surface area contributed by atoms with E-state index in [1.807, 2.05) is 30.3 Å². The molecule has 0 bridgehead atoms. The summed E-state index contributed by atoms with van der Waals surface area (Å²) in [6.45, 7) is 2.91. The number of carbonyl (C=O) groups is 2. The molecule has 1 aromatic heterocycles. The zero-order chi connectivity index (χ0) is 30.6. The van der Waals surface area contributed by atoms with Crippen molar-refractivity contribution >= 4 is 61.7 Å². The maximum Gasteiger partial charge on any atom is 0.271 e. The van der Waals surface area contributed by atoms with E-state index in [0.29, 0.717) is 62.1 Å². The molecule has 1 atom stereocenters. The van der Waals surface area contributed by atoms with Gasteiger partial charge in [-0.15, -0.1) is 11.3 Å². The minimum Gasteiger partial charge on any atom is -0.378 e. The standard InChI is InChI=1S/C31H33ClN4O5S2/c1-43(39,40)23-8-4-6-21(18-23)28-11-12-29(42-28)27(34-26-10-3-2-9-24(26)32)19-25(33)31(38)36-13-5-7-22(20-36)30(37)35-14-16-41-17-15-35/h2-4,6,8-12,18-19,22,33-34H,5,7,13-17,20H2,1H3/b27-19-,33-25?. The SMILES string of the molecule is CS(=O)(=O)c1cccc(-c2ccc(/C(=C/C(=N)C(=O)N3CCCC(C(=O)N4CCOCC4)C3)Nc3ccccc3Cl)s2)c1. The molecule has 2 aliphatic heterocycles. The molecule has 0 aliphatic carbocycles. The molecule has 2 N–H and O–H groups in total. The average Bonchev–Trinajstić information content (AvgIpc) is 3.52. The molecule has 2 amide bonds. The monoisotopic (exact) mass is 640 g/mol. The van der Waals surface area contributed by atoms with Gasteiger partial charge in [-0.2, -0.15) is 0 Å². The van der Waals surface area contributed by atoms with E-state index in [4.69, 9.17) is 21.7 Å². The smallest absolute Gasteiger partial charge is 0.271 e. The molecule has 1 unspecified atom stereocenters. The summed E-state index contributed by atoms with van der Waals surface area (Å²) in [4.78, 5) is 31.8. The van der Waals surface area contributed by atoms with Gasteiger partial charge in [0.05, 0.1) is 45.3 Å². The third-order valence-electron chi connectivity index (χ3n) is 7.46. The summed E-state index contributed by atoms with van der Waals surface area (Å²) < 4.78 is 29.6. The van der Waals surface area contributed by atoms with E-state index >= 15 is 0 Å². The lowest BCUT2D eigenvalue weighted by atomic mass is 9.96. The van der Waals surface area contributed by atoms with E-state index < -0.39 is 15.7 Å². The summed E-state index contributed by atoms with van der Waals surface area (Å²) in [5, 5.41) is 12.5. The number of nitrogens with zero attached hydrogens (tertiary/aromatic N) is 2. The van der Waals surface area contributed by atoms with Crippen LogP contribution in [0.1, 0.15) is 17.7 Å². The zero-order valence-corrected chi connectivity index (χ0v) is 26.1. The van der Waals surface area contributed by atoms with Crippen molar-refractivity contribution in [3.05, 3.63) is 76.6 Å². The number of likely N-dealkylation sites (tertiary alicyclic amines) is 1. The number of sulfone groups is 1. The molecule has 2 aromatic carbocycles. The Hall–Kier alpha value is -3.51. The van der Waals surface area contributed by atoms with Crippen molar-refractivity contribution in [3.63, 3.8) is 0 Å². The fraction of sp³-hybridized carbons (Fsp3) is 0.323. The maximum atomic E-state index is 13.5. The first-order chi connectivity index (χ1) is 20.6. The normalized spacial score (nSPS) is 17.9. The molecule has 2 fully saturated rings. The van der Waals surface area contributed by atoms with Crippen molar-refractivity contribution in [2.75, 3.05) is 51.0 Å². The highest BCUT2D eigenvalue weighted by molar-refractivity contribution is 7.90. The Balaban J connectivity index is 1.39. The van der Waals surface area contributed by atoms with Crippen LogP contribution in [0.15, 0.2) is 71.6 Å². The Morgan fingerprint density at radius 1 is 1.05 bits per heavy atom. The number of nitrogens with one attached hydrogen (secondary N) is 2. The van der Waals surface area contributed by atoms with Crippen LogP contribution >= 0.6 is 22.9 Å². The summed E-state index contributed by atoms with van der Waals surface area (Å²) in [7, 11) is -3.37. The molecule has 2 saturated heterocycles. The largest absolute Gasteiger partial charge is 0.378 e. The van der Waals surface area contributed by atoms with Crippen molar-refractivity contribution < 1.29 is 22.7 Å². The third kappa shape index (κ3) is 7.53. The number of anilines is 1. The van der Waals surface area contributed by atoms with Crippen molar-refractivity contribution in [3.8, 4) is 10.4 Å². The van der Waals surface area contributed by atoms with Crippen LogP contribution < -0.4 is 5.32 Å². The van der Waals surface area contributed by atoms with E-state index in [2.05, 4.69) is 5.32 Å². The highest BCUT2D eigenvalue weighted by Gasteiger charge is 2.32. The van der Waals surface area contributed by atoms with Crippen LogP contribution in [0.4, 0.5) is 5.69 Å². The molecule has 0 radical (unpaired) electrons. The van der Waals surface area contributed by atoms with Gasteiger partial charge in [-0.1, -0.05) is 35.9 Å². The summed E-state index contributed by atoms with van der Waals surface area (Å²) in [5.74, 6) is -0.707. The quantitative estimate of drug-likeness (QED) is 0.333. The second-order valence-corrected chi connectivity index (χ2v) is 14.1. The maximum absolute atomic E-state index is 13.5. The first-order valence-electron chi connectivity index (χ1n) is 14.0. The van der Waals surface area contributed by atoms with Gasteiger partial charge in [-0.05, 0) is 60.9 Å². The van der Waals surface area contributed by atoms with E-state index in [1.54, 1.807) is 40.1 Å². The highest BCUT2D eigenvalue weighted by Crippen LogP contribution is 2.35. The van der Waals surface area contributed by atoms with Gasteiger partial charge in [0, 0.05) is 37.3 Å². The lowest BCUT2D eigenvalue weighted by Crippen LogP contribution is -2.50. The number of halogens is 1. The number of ether oxygens (including phenoxy) is 1. The zero-order valence-electron chi connectivity index (χ0n) is 23.7. The first-order valence-corrected chi connectivity index (χ1v) is 17.1. The van der Waals surface area contributed by atoms with Gasteiger partial charge >= 0.3 is 0 Å². The third-order valence-corrected chi connectivity index (χ3v) is 10.1. The first kappa shape index (κ1) is 30.9. The van der Waals surface area contributed by atoms with Crippen LogP contribution in [-0.2, 0) is 24.2 Å². The van der Waals surface area contributed by atoms with Gasteiger partial charge in [0.2, 0.25) is 5.91 Å². The van der Waals surface area contributed by atoms with Crippen molar-refractivity contribution in [2.45, 2.75) is 17.7 Å². The van der Waals surface area contributed by atoms with Gasteiger partial charge in [0.25, 0.3) is 5.91 Å². The molecule has 43 heavy (non-hydrogen) atoms. The predicted octanol–water partition coefficient (Wildman–Crippen LogP) is 5.04. The Morgan fingerprint density at radius 2 is 1.81 bits per heavy atom. The van der Waals surface area contributed by atoms with E-state index in [9.17, 15) is 18.0 Å². The molecule has 3 aromatic rings. The molecule has 5 rings (SSSR count). The number of piperidine rings is 1. The van der Waals surface area contributed by atoms with Crippen molar-refractivity contribution in [1.82, 2.24) is 9.80 Å². The van der Waals surface area contributed by atoms with Crippen LogP contribution in [0, 0.1) is 11.3 Å². The second-order valence-electron chi connectivity index (χ2n) is 10.6. The van der Waals surface area contributed by atoms with Crippen LogP contribution in [0.3, 0.4) is 0 Å². The molecule has 12 heteroatoms. The Kier molecular flexibility index (Phi) is 9.65. The lowest BCUT2D eigenvalue weighted by Gasteiger charge is -2.36. The number of benzene rings is 2. The molecule has 9 nitrogen and oxygen atoms in total. The van der Waals surface area contributed by atoms with Crippen LogP contribution in [0.25, 0.3) is 16.1 Å². The summed E-state index contributed by atoms with van der Waals surface area (Å²) in [6.07, 6.45) is 4.06. The summed E-state index contributed by atoms with van der Waals surface area (Å²) in [5.41, 5.74) is 1.63. The predicted molar refractivity (Wildman–Crippen MR) is 170 cm³/mol. The molecule has 0 spiro atoms. The van der Waals surface area contributed by atoms with Crippen LogP contribution in [0.2, 0.25) is 5.02 Å². The van der Waals surface area contributed by atoms with Crippen molar-refractivity contribution in [1.29, 1.82) is 5.41 Å². The minimum atomic E-state index is -3.37. The van der Waals surface area contributed by atoms with E-state index in [1.165, 1.54) is 23.7 Å². The molecular formula is C31H33ClN4O5S2. The number of rotatable bonds is 8. The lowest BCUT2D eigenvalue weighted by molar-refractivity contribution is -0.142. The number of amides is 2. The van der Waals surface area contributed by atoms with Gasteiger partial charge in [-0.3, -0.25) is 15.0 Å². The summed E-state index contributed by atoms with van der Waals surface area (Å²) in [6, 6.07) is 17.7. The number of morpholine rings is 1. The number of hydrogen-bond acceptors (Lipinski definition) is 8. The molecule has 226 valence electrons. The van der Waals surface area contributed by atoms with E-state index in [-0.39, 0.29) is 29.0 Å². The average molecular weight is 641 g/mol. The molecule has 2 aliphatic rings. The number of carbonyl (C=O) groups excluding carboxylic acids is 2. The van der Waals surface area contributed by atoms with E-state index in [0.717, 1.165) is 15.3 Å². The highest BCUT2D eigenvalue weighted by atomic mass is 35.5. The van der Waals surface area contributed by atoms with Gasteiger partial charge in [0.1, 0.15) is 5.71 Å². The number of thiophene rings is 1. The van der Waals surface area contributed by atoms with Gasteiger partial charge in [-0.25, -0.2) is 8.42 Å². The molecular weight excluding hydrogens is 608 g/mol. The molecule has 0 saturated carbocycles. The fourth-order valence-electron chi connectivity index (χ4n) is 5.18. The fourth-order valence-corrected chi connectivity index (χ4v) is 7.00. The van der Waals surface area contributed by atoms with Crippen LogP contribution in [0.5, 0.6) is 0 Å². The van der Waals surface area contributed by atoms with Gasteiger partial charge < -0.3 is 19.9 Å². The van der Waals surface area contributed by atoms with Gasteiger partial charge in [0.15, 0.2) is 9.84 Å². The molecule has 3 heterocycles. The number of para-hydroxylation sites is 1. The van der Waals surface area contributed by atoms with Crippen molar-refractivity contribution in [2.24, 2.45) is 5.92 Å². The Bertz CT molecular complexity index is 1660. The Morgan fingerprint density at radius 3 is 2.56 bits per heavy atom. The number of hydrogen-bond donors (Lipinski definition) is 2. The van der Waals surface area contributed by atoms with Crippen LogP contribution in [-0.4, -0.2) is 81.4 Å². The Labute approximate surface area is 260 Å². The summed E-state index contributed by atoms with van der Waals surface area (Å²) >= 11 is 7.83.